The minimum atomic E-state index is 0.892. The van der Waals surface area contributed by atoms with Crippen LogP contribution < -0.4 is 5.32 Å². The normalized spacial score (nSPS) is 10.9. The van der Waals surface area contributed by atoms with Crippen LogP contribution in [0.1, 0.15) is 22.9 Å². The van der Waals surface area contributed by atoms with Crippen LogP contribution in [-0.2, 0) is 6.42 Å². The van der Waals surface area contributed by atoms with Crippen LogP contribution in [0.2, 0.25) is 0 Å². The van der Waals surface area contributed by atoms with E-state index in [9.17, 15) is 0 Å². The molecule has 2 heterocycles. The van der Waals surface area contributed by atoms with E-state index in [-0.39, 0.29) is 0 Å². The summed E-state index contributed by atoms with van der Waals surface area (Å²) >= 11 is 1.70. The third kappa shape index (κ3) is 2.27. The Labute approximate surface area is 122 Å². The molecular formula is C16H17N3S. The number of hydrogen-bond donors (Lipinski definition) is 1. The molecule has 3 aromatic rings. The fraction of sp³-hybridized carbons (Fsp3) is 0.250. The number of aryl methyl sites for hydroxylation is 3. The number of thiophene rings is 1. The summed E-state index contributed by atoms with van der Waals surface area (Å²) in [6.07, 6.45) is 2.63. The van der Waals surface area contributed by atoms with Gasteiger partial charge in [-0.15, -0.1) is 11.3 Å². The van der Waals surface area contributed by atoms with Gasteiger partial charge >= 0.3 is 0 Å². The minimum Gasteiger partial charge on any atom is -0.339 e. The number of rotatable bonds is 3. The molecule has 20 heavy (non-hydrogen) atoms. The number of para-hydroxylation sites is 1. The average Bonchev–Trinajstić information content (AvgIpc) is 2.82. The zero-order chi connectivity index (χ0) is 14.1. The van der Waals surface area contributed by atoms with E-state index in [4.69, 9.17) is 0 Å². The van der Waals surface area contributed by atoms with E-state index < -0.39 is 0 Å². The maximum atomic E-state index is 4.42. The molecule has 0 saturated heterocycles. The van der Waals surface area contributed by atoms with Crippen LogP contribution in [0.5, 0.6) is 0 Å². The Morgan fingerprint density at radius 2 is 2.05 bits per heavy atom. The minimum absolute atomic E-state index is 0.892. The molecule has 0 atom stereocenters. The van der Waals surface area contributed by atoms with Gasteiger partial charge in [0.15, 0.2) is 0 Å². The Bertz CT molecular complexity index is 762. The number of anilines is 2. The van der Waals surface area contributed by atoms with Crippen molar-refractivity contribution in [2.24, 2.45) is 0 Å². The fourth-order valence-corrected chi connectivity index (χ4v) is 3.24. The van der Waals surface area contributed by atoms with Gasteiger partial charge in [0.05, 0.1) is 5.39 Å². The first-order chi connectivity index (χ1) is 9.69. The van der Waals surface area contributed by atoms with Crippen molar-refractivity contribution in [1.29, 1.82) is 0 Å². The van der Waals surface area contributed by atoms with Crippen molar-refractivity contribution >= 4 is 33.1 Å². The molecule has 0 bridgehead atoms. The maximum absolute atomic E-state index is 4.42. The lowest BCUT2D eigenvalue weighted by atomic mass is 10.1. The van der Waals surface area contributed by atoms with Crippen LogP contribution in [0.15, 0.2) is 30.6 Å². The molecule has 2 aromatic heterocycles. The largest absolute Gasteiger partial charge is 0.339 e. The fourth-order valence-electron chi connectivity index (χ4n) is 2.40. The van der Waals surface area contributed by atoms with Gasteiger partial charge in [-0.05, 0) is 37.5 Å². The maximum Gasteiger partial charge on any atom is 0.142 e. The van der Waals surface area contributed by atoms with Crippen LogP contribution in [-0.4, -0.2) is 9.97 Å². The lowest BCUT2D eigenvalue weighted by Crippen LogP contribution is -2.00. The molecule has 0 amide bonds. The molecule has 0 fully saturated rings. The van der Waals surface area contributed by atoms with Gasteiger partial charge < -0.3 is 5.32 Å². The second-order valence-electron chi connectivity index (χ2n) is 4.89. The molecule has 3 nitrogen and oxygen atoms in total. The number of aromatic nitrogens is 2. The van der Waals surface area contributed by atoms with Crippen molar-refractivity contribution in [3.05, 3.63) is 46.6 Å². The highest BCUT2D eigenvalue weighted by Gasteiger charge is 2.10. The average molecular weight is 283 g/mol. The number of nitrogens with zero attached hydrogens (tertiary/aromatic N) is 2. The summed E-state index contributed by atoms with van der Waals surface area (Å²) in [5, 5.41) is 4.60. The summed E-state index contributed by atoms with van der Waals surface area (Å²) < 4.78 is 0. The van der Waals surface area contributed by atoms with Gasteiger partial charge in [-0.1, -0.05) is 25.1 Å². The Kier molecular flexibility index (Phi) is 3.40. The predicted octanol–water partition coefficient (Wildman–Crippen LogP) is 4.61. The van der Waals surface area contributed by atoms with Gasteiger partial charge in [0.1, 0.15) is 17.0 Å². The Morgan fingerprint density at radius 3 is 2.85 bits per heavy atom. The molecule has 4 heteroatoms. The zero-order valence-electron chi connectivity index (χ0n) is 11.9. The quantitative estimate of drug-likeness (QED) is 0.762. The van der Waals surface area contributed by atoms with Crippen LogP contribution >= 0.6 is 11.3 Å². The molecule has 0 spiro atoms. The van der Waals surface area contributed by atoms with E-state index in [0.717, 1.165) is 22.5 Å². The van der Waals surface area contributed by atoms with Crippen molar-refractivity contribution in [1.82, 2.24) is 9.97 Å². The second kappa shape index (κ2) is 5.21. The molecule has 0 saturated carbocycles. The molecule has 1 aromatic carbocycles. The van der Waals surface area contributed by atoms with Gasteiger partial charge in [0.2, 0.25) is 0 Å². The Hall–Kier alpha value is -1.94. The zero-order valence-corrected chi connectivity index (χ0v) is 12.7. The Balaban J connectivity index is 2.10. The van der Waals surface area contributed by atoms with Gasteiger partial charge in [0.25, 0.3) is 0 Å². The molecular weight excluding hydrogens is 266 g/mol. The summed E-state index contributed by atoms with van der Waals surface area (Å²) in [6, 6.07) is 8.53. The smallest absolute Gasteiger partial charge is 0.142 e. The molecule has 0 aliphatic carbocycles. The van der Waals surface area contributed by atoms with E-state index in [2.05, 4.69) is 60.3 Å². The van der Waals surface area contributed by atoms with Gasteiger partial charge in [-0.2, -0.15) is 0 Å². The molecule has 3 rings (SSSR count). The predicted molar refractivity (Wildman–Crippen MR) is 86.0 cm³/mol. The van der Waals surface area contributed by atoms with Crippen molar-refractivity contribution in [2.75, 3.05) is 5.32 Å². The van der Waals surface area contributed by atoms with E-state index in [0.29, 0.717) is 0 Å². The lowest BCUT2D eigenvalue weighted by molar-refractivity contribution is 1.13. The molecule has 0 aliphatic rings. The van der Waals surface area contributed by atoms with Crippen molar-refractivity contribution in [3.8, 4) is 0 Å². The van der Waals surface area contributed by atoms with Crippen LogP contribution in [0.4, 0.5) is 11.5 Å². The third-order valence-corrected chi connectivity index (χ3v) is 4.39. The van der Waals surface area contributed by atoms with Crippen molar-refractivity contribution in [2.45, 2.75) is 27.2 Å². The third-order valence-electron chi connectivity index (χ3n) is 3.44. The second-order valence-corrected chi connectivity index (χ2v) is 6.12. The topological polar surface area (TPSA) is 37.8 Å². The molecule has 0 radical (unpaired) electrons. The molecule has 1 N–H and O–H groups in total. The van der Waals surface area contributed by atoms with Crippen molar-refractivity contribution < 1.29 is 0 Å². The van der Waals surface area contributed by atoms with E-state index in [1.165, 1.54) is 21.7 Å². The first kappa shape index (κ1) is 13.1. The summed E-state index contributed by atoms with van der Waals surface area (Å²) in [5.74, 6) is 0.892. The first-order valence-corrected chi connectivity index (χ1v) is 7.57. The molecule has 0 unspecified atom stereocenters. The number of nitrogens with one attached hydrogen (secondary N) is 1. The summed E-state index contributed by atoms with van der Waals surface area (Å²) in [6.45, 7) is 6.39. The highest BCUT2D eigenvalue weighted by Crippen LogP contribution is 2.31. The Morgan fingerprint density at radius 1 is 1.20 bits per heavy atom. The van der Waals surface area contributed by atoms with E-state index in [1.54, 1.807) is 17.7 Å². The van der Waals surface area contributed by atoms with E-state index >= 15 is 0 Å². The highest BCUT2D eigenvalue weighted by atomic mass is 32.1. The van der Waals surface area contributed by atoms with Crippen LogP contribution in [0.3, 0.4) is 0 Å². The lowest BCUT2D eigenvalue weighted by Gasteiger charge is -2.13. The highest BCUT2D eigenvalue weighted by molar-refractivity contribution is 7.18. The number of benzene rings is 1. The monoisotopic (exact) mass is 283 g/mol. The summed E-state index contributed by atoms with van der Waals surface area (Å²) in [4.78, 5) is 11.0. The number of hydrogen-bond acceptors (Lipinski definition) is 4. The van der Waals surface area contributed by atoms with Gasteiger partial charge in [0, 0.05) is 10.6 Å². The van der Waals surface area contributed by atoms with Gasteiger partial charge in [-0.25, -0.2) is 9.97 Å². The first-order valence-electron chi connectivity index (χ1n) is 6.75. The van der Waals surface area contributed by atoms with Crippen LogP contribution in [0.25, 0.3) is 10.2 Å². The molecule has 0 aliphatic heterocycles. The summed E-state index contributed by atoms with van der Waals surface area (Å²) in [7, 11) is 0. The standard InChI is InChI=1S/C16H17N3S/c1-4-12-7-5-6-10(2)14(12)19-15-13-8-11(3)20-16(13)18-9-17-15/h5-9H,4H2,1-3H3,(H,17,18,19). The summed E-state index contributed by atoms with van der Waals surface area (Å²) in [5.41, 5.74) is 3.71. The van der Waals surface area contributed by atoms with Crippen molar-refractivity contribution in [3.63, 3.8) is 0 Å². The molecule has 102 valence electrons. The number of fused-ring (bicyclic) bond motifs is 1. The van der Waals surface area contributed by atoms with E-state index in [1.807, 2.05) is 0 Å². The van der Waals surface area contributed by atoms with Crippen LogP contribution in [0, 0.1) is 13.8 Å². The SMILES string of the molecule is CCc1cccc(C)c1Nc1ncnc2sc(C)cc12. The van der Waals surface area contributed by atoms with Gasteiger partial charge in [-0.3, -0.25) is 0 Å².